The summed E-state index contributed by atoms with van der Waals surface area (Å²) in [5, 5.41) is 13.7. The summed E-state index contributed by atoms with van der Waals surface area (Å²) in [5.41, 5.74) is 0.390. The van der Waals surface area contributed by atoms with Crippen LogP contribution in [0.15, 0.2) is 65.8 Å². The maximum absolute atomic E-state index is 13.7. The largest absolute Gasteiger partial charge is 0.411 e. The second kappa shape index (κ2) is 6.38. The summed E-state index contributed by atoms with van der Waals surface area (Å²) in [6, 6.07) is 18.6. The van der Waals surface area contributed by atoms with Crippen LogP contribution in [0.3, 0.4) is 0 Å². The average molecular weight is 352 g/mol. The molecule has 5 heteroatoms. The van der Waals surface area contributed by atoms with Crippen LogP contribution in [0.1, 0.15) is 6.92 Å². The van der Waals surface area contributed by atoms with Crippen LogP contribution in [0.4, 0.5) is 0 Å². The van der Waals surface area contributed by atoms with Crippen LogP contribution in [0.2, 0.25) is 0 Å². The van der Waals surface area contributed by atoms with E-state index in [9.17, 15) is 4.57 Å². The number of oxime groups is 1. The van der Waals surface area contributed by atoms with E-state index in [1.54, 1.807) is 6.92 Å². The summed E-state index contributed by atoms with van der Waals surface area (Å²) in [6.07, 6.45) is 0. The van der Waals surface area contributed by atoms with Crippen molar-refractivity contribution in [1.29, 1.82) is 0 Å². The minimum Gasteiger partial charge on any atom is -0.411 e. The lowest BCUT2D eigenvalue weighted by Crippen LogP contribution is -2.26. The highest BCUT2D eigenvalue weighted by molar-refractivity contribution is 9.11. The fourth-order valence-corrected chi connectivity index (χ4v) is 6.16. The van der Waals surface area contributed by atoms with E-state index in [2.05, 4.69) is 21.1 Å². The first-order valence-electron chi connectivity index (χ1n) is 6.14. The Balaban J connectivity index is 2.65. The van der Waals surface area contributed by atoms with Gasteiger partial charge < -0.3 is 9.77 Å². The minimum absolute atomic E-state index is 0.390. The summed E-state index contributed by atoms with van der Waals surface area (Å²) < 4.78 is 13.1. The predicted octanol–water partition coefficient (Wildman–Crippen LogP) is 3.57. The highest BCUT2D eigenvalue weighted by Gasteiger charge is 2.37. The molecule has 0 aromatic heterocycles. The van der Waals surface area contributed by atoms with Gasteiger partial charge in [-0.1, -0.05) is 81.7 Å². The minimum atomic E-state index is -2.96. The quantitative estimate of drug-likeness (QED) is 0.301. The average Bonchev–Trinajstić information content (AvgIpc) is 2.54. The third-order valence-electron chi connectivity index (χ3n) is 3.10. The molecule has 1 unspecified atom stereocenters. The zero-order valence-electron chi connectivity index (χ0n) is 11.0. The van der Waals surface area contributed by atoms with Gasteiger partial charge in [0.15, 0.2) is 7.14 Å². The van der Waals surface area contributed by atoms with E-state index in [0.29, 0.717) is 5.71 Å². The van der Waals surface area contributed by atoms with E-state index in [1.165, 1.54) is 0 Å². The van der Waals surface area contributed by atoms with E-state index in [1.807, 2.05) is 60.7 Å². The SMILES string of the molecule is C/C(=N\O)C(Br)P(=O)(c1ccccc1)c1ccccc1. The fourth-order valence-electron chi connectivity index (χ4n) is 2.02. The zero-order chi connectivity index (χ0) is 14.6. The van der Waals surface area contributed by atoms with Crippen LogP contribution >= 0.6 is 23.1 Å². The number of halogens is 1. The van der Waals surface area contributed by atoms with Gasteiger partial charge in [0.05, 0.1) is 5.71 Å². The first kappa shape index (κ1) is 15.0. The molecule has 0 aliphatic carbocycles. The summed E-state index contributed by atoms with van der Waals surface area (Å²) in [5.74, 6) is 0. The van der Waals surface area contributed by atoms with Gasteiger partial charge in [-0.3, -0.25) is 0 Å². The topological polar surface area (TPSA) is 49.7 Å². The maximum atomic E-state index is 13.7. The van der Waals surface area contributed by atoms with Crippen LogP contribution in [0.5, 0.6) is 0 Å². The van der Waals surface area contributed by atoms with Gasteiger partial charge in [-0.2, -0.15) is 0 Å². The van der Waals surface area contributed by atoms with Crippen LogP contribution in [0.25, 0.3) is 0 Å². The van der Waals surface area contributed by atoms with Crippen molar-refractivity contribution in [2.24, 2.45) is 5.16 Å². The normalized spacial score (nSPS) is 14.0. The van der Waals surface area contributed by atoms with Crippen molar-refractivity contribution in [1.82, 2.24) is 0 Å². The van der Waals surface area contributed by atoms with E-state index in [0.717, 1.165) is 10.6 Å². The van der Waals surface area contributed by atoms with E-state index >= 15 is 0 Å². The van der Waals surface area contributed by atoms with Crippen molar-refractivity contribution in [3.05, 3.63) is 60.7 Å². The summed E-state index contributed by atoms with van der Waals surface area (Å²) >= 11 is 3.45. The van der Waals surface area contributed by atoms with Gasteiger partial charge in [-0.05, 0) is 6.92 Å². The Labute approximate surface area is 126 Å². The molecule has 3 nitrogen and oxygen atoms in total. The molecule has 0 amide bonds. The van der Waals surface area contributed by atoms with Crippen molar-refractivity contribution in [3.63, 3.8) is 0 Å². The number of rotatable bonds is 4. The van der Waals surface area contributed by atoms with Gasteiger partial charge in [0.1, 0.15) is 4.57 Å². The third-order valence-corrected chi connectivity index (χ3v) is 8.64. The van der Waals surface area contributed by atoms with E-state index < -0.39 is 11.7 Å². The smallest absolute Gasteiger partial charge is 0.161 e. The molecule has 1 atom stereocenters. The summed E-state index contributed by atoms with van der Waals surface area (Å²) in [6.45, 7) is 1.65. The van der Waals surface area contributed by atoms with Crippen molar-refractivity contribution < 1.29 is 9.77 Å². The molecule has 0 spiro atoms. The Bertz CT molecular complexity index is 600. The molecular formula is C15H15BrNO2P. The summed E-state index contributed by atoms with van der Waals surface area (Å²) in [7, 11) is -2.96. The number of hydrogen-bond acceptors (Lipinski definition) is 3. The third kappa shape index (κ3) is 2.72. The second-order valence-electron chi connectivity index (χ2n) is 4.41. The molecule has 0 aliphatic rings. The molecule has 0 heterocycles. The molecule has 0 saturated carbocycles. The second-order valence-corrected chi connectivity index (χ2v) is 8.89. The first-order chi connectivity index (χ1) is 9.60. The lowest BCUT2D eigenvalue weighted by atomic mass is 10.4. The van der Waals surface area contributed by atoms with Crippen LogP contribution in [-0.2, 0) is 4.57 Å². The van der Waals surface area contributed by atoms with Crippen molar-refractivity contribution in [3.8, 4) is 0 Å². The Morgan fingerprint density at radius 1 is 1.05 bits per heavy atom. The van der Waals surface area contributed by atoms with Gasteiger partial charge in [-0.15, -0.1) is 0 Å². The Morgan fingerprint density at radius 3 is 1.80 bits per heavy atom. The molecule has 2 rings (SSSR count). The van der Waals surface area contributed by atoms with Crippen LogP contribution < -0.4 is 10.6 Å². The van der Waals surface area contributed by atoms with E-state index in [-0.39, 0.29) is 0 Å². The molecular weight excluding hydrogens is 337 g/mol. The Hall–Kier alpha value is -1.38. The molecule has 0 saturated heterocycles. The number of benzene rings is 2. The maximum Gasteiger partial charge on any atom is 0.161 e. The van der Waals surface area contributed by atoms with Gasteiger partial charge in [0.2, 0.25) is 0 Å². The lowest BCUT2D eigenvalue weighted by Gasteiger charge is -2.24. The molecule has 1 N–H and O–H groups in total. The van der Waals surface area contributed by atoms with Gasteiger partial charge in [0, 0.05) is 10.6 Å². The number of nitrogens with zero attached hydrogens (tertiary/aromatic N) is 1. The number of alkyl halides is 1. The number of hydrogen-bond donors (Lipinski definition) is 1. The Kier molecular flexibility index (Phi) is 4.79. The molecule has 20 heavy (non-hydrogen) atoms. The van der Waals surface area contributed by atoms with Crippen molar-refractivity contribution in [2.75, 3.05) is 0 Å². The lowest BCUT2D eigenvalue weighted by molar-refractivity contribution is 0.318. The van der Waals surface area contributed by atoms with Crippen molar-refractivity contribution in [2.45, 2.75) is 11.5 Å². The molecule has 104 valence electrons. The highest BCUT2D eigenvalue weighted by Crippen LogP contribution is 2.51. The van der Waals surface area contributed by atoms with Gasteiger partial charge >= 0.3 is 0 Å². The zero-order valence-corrected chi connectivity index (χ0v) is 13.5. The fraction of sp³-hybridized carbons (Fsp3) is 0.133. The Morgan fingerprint density at radius 2 is 1.45 bits per heavy atom. The monoisotopic (exact) mass is 351 g/mol. The molecule has 2 aromatic carbocycles. The molecule has 0 radical (unpaired) electrons. The summed E-state index contributed by atoms with van der Waals surface area (Å²) in [4.78, 5) is 0. The van der Waals surface area contributed by atoms with Crippen LogP contribution in [0, 0.1) is 0 Å². The molecule has 0 aliphatic heterocycles. The highest BCUT2D eigenvalue weighted by atomic mass is 79.9. The first-order valence-corrected chi connectivity index (χ1v) is 8.83. The molecule has 2 aromatic rings. The van der Waals surface area contributed by atoms with E-state index in [4.69, 9.17) is 5.21 Å². The van der Waals surface area contributed by atoms with Crippen molar-refractivity contribution >= 4 is 39.4 Å². The van der Waals surface area contributed by atoms with Gasteiger partial charge in [-0.25, -0.2) is 0 Å². The standard InChI is InChI=1S/C15H15BrNO2P/c1-12(17-18)15(16)20(19,13-8-4-2-5-9-13)14-10-6-3-7-11-14/h2-11,15,18H,1H3/b17-12+. The molecule has 0 fully saturated rings. The molecule has 0 bridgehead atoms. The predicted molar refractivity (Wildman–Crippen MR) is 87.4 cm³/mol. The van der Waals surface area contributed by atoms with Crippen LogP contribution in [-0.4, -0.2) is 15.5 Å². The van der Waals surface area contributed by atoms with Gasteiger partial charge in [0.25, 0.3) is 0 Å².